The number of methoxy groups -OCH3 is 1. The highest BCUT2D eigenvalue weighted by Crippen LogP contribution is 2.02. The Hall–Kier alpha value is -0.160. The fourth-order valence-electron chi connectivity index (χ4n) is 1.77. The summed E-state index contributed by atoms with van der Waals surface area (Å²) in [6, 6.07) is 0. The fraction of sp³-hybridized carbons (Fsp3) is 1.00. The number of hydrogen-bond donors (Lipinski definition) is 1. The van der Waals surface area contributed by atoms with Crippen molar-refractivity contribution >= 4 is 0 Å². The first-order chi connectivity index (χ1) is 9.56. The van der Waals surface area contributed by atoms with Crippen molar-refractivity contribution in [3.05, 3.63) is 0 Å². The Morgan fingerprint density at radius 1 is 0.700 bits per heavy atom. The summed E-state index contributed by atoms with van der Waals surface area (Å²) in [6.45, 7) is 11.5. The third-order valence-electron chi connectivity index (χ3n) is 2.88. The molecule has 0 aromatic rings. The van der Waals surface area contributed by atoms with Gasteiger partial charge in [0.15, 0.2) is 0 Å². The van der Waals surface area contributed by atoms with Gasteiger partial charge in [0.25, 0.3) is 0 Å². The van der Waals surface area contributed by atoms with Gasteiger partial charge in [-0.05, 0) is 46.6 Å². The van der Waals surface area contributed by atoms with Crippen molar-refractivity contribution in [2.45, 2.75) is 58.4 Å². The van der Waals surface area contributed by atoms with E-state index in [1.54, 1.807) is 7.11 Å². The molecule has 0 spiro atoms. The molecule has 0 fully saturated rings. The summed E-state index contributed by atoms with van der Waals surface area (Å²) in [6.07, 6.45) is 5.89. The van der Waals surface area contributed by atoms with Gasteiger partial charge >= 0.3 is 0 Å². The molecule has 0 aliphatic rings. The van der Waals surface area contributed by atoms with E-state index >= 15 is 0 Å². The van der Waals surface area contributed by atoms with E-state index in [1.807, 2.05) is 0 Å². The van der Waals surface area contributed by atoms with Crippen LogP contribution in [0.25, 0.3) is 0 Å². The molecule has 0 aliphatic carbocycles. The van der Waals surface area contributed by atoms with E-state index in [1.165, 1.54) is 19.3 Å². The number of ether oxygens (including phenoxy) is 3. The third kappa shape index (κ3) is 17.8. The number of rotatable bonds is 14. The second kappa shape index (κ2) is 13.8. The molecule has 0 saturated carbocycles. The summed E-state index contributed by atoms with van der Waals surface area (Å²) in [5.74, 6) is 0. The lowest BCUT2D eigenvalue weighted by atomic mass is 10.1. The molecule has 0 bridgehead atoms. The van der Waals surface area contributed by atoms with Gasteiger partial charge < -0.3 is 19.5 Å². The fourth-order valence-corrected chi connectivity index (χ4v) is 1.77. The molecule has 1 N–H and O–H groups in total. The van der Waals surface area contributed by atoms with Crippen LogP contribution in [0.1, 0.15) is 52.9 Å². The molecule has 0 aromatic carbocycles. The standard InChI is InChI=1S/C16H35NO3/c1-16(2,3)17-10-7-5-6-8-12-19-14-15-20-13-9-11-18-4/h17H,5-15H2,1-4H3. The molecule has 4 nitrogen and oxygen atoms in total. The molecule has 0 heterocycles. The van der Waals surface area contributed by atoms with E-state index in [-0.39, 0.29) is 5.54 Å². The molecule has 0 unspecified atom stereocenters. The minimum atomic E-state index is 0.242. The highest BCUT2D eigenvalue weighted by molar-refractivity contribution is 4.69. The van der Waals surface area contributed by atoms with Crippen molar-refractivity contribution in [2.75, 3.05) is 46.7 Å². The zero-order valence-corrected chi connectivity index (χ0v) is 14.0. The molecule has 122 valence electrons. The quantitative estimate of drug-likeness (QED) is 0.499. The largest absolute Gasteiger partial charge is 0.385 e. The Labute approximate surface area is 125 Å². The summed E-state index contributed by atoms with van der Waals surface area (Å²) >= 11 is 0. The van der Waals surface area contributed by atoms with Crippen LogP contribution in [0.3, 0.4) is 0 Å². The molecule has 20 heavy (non-hydrogen) atoms. The first kappa shape index (κ1) is 19.8. The molecule has 0 aliphatic heterocycles. The van der Waals surface area contributed by atoms with Gasteiger partial charge in [0.1, 0.15) is 0 Å². The normalized spacial score (nSPS) is 12.0. The molecule has 0 rings (SSSR count). The maximum Gasteiger partial charge on any atom is 0.0700 e. The van der Waals surface area contributed by atoms with Crippen LogP contribution in [0.5, 0.6) is 0 Å². The van der Waals surface area contributed by atoms with Gasteiger partial charge in [-0.3, -0.25) is 0 Å². The average molecular weight is 289 g/mol. The van der Waals surface area contributed by atoms with E-state index in [4.69, 9.17) is 14.2 Å². The van der Waals surface area contributed by atoms with Crippen LogP contribution in [0.2, 0.25) is 0 Å². The average Bonchev–Trinajstić information content (AvgIpc) is 2.38. The van der Waals surface area contributed by atoms with Gasteiger partial charge in [0, 0.05) is 32.5 Å². The second-order valence-corrected chi connectivity index (χ2v) is 6.16. The number of nitrogens with one attached hydrogen (secondary N) is 1. The Bertz CT molecular complexity index is 193. The SMILES string of the molecule is COCCCOCCOCCCCCCNC(C)(C)C. The van der Waals surface area contributed by atoms with Crippen molar-refractivity contribution in [3.8, 4) is 0 Å². The lowest BCUT2D eigenvalue weighted by Crippen LogP contribution is -2.36. The van der Waals surface area contributed by atoms with Crippen molar-refractivity contribution in [1.82, 2.24) is 5.32 Å². The maximum absolute atomic E-state index is 5.53. The third-order valence-corrected chi connectivity index (χ3v) is 2.88. The smallest absolute Gasteiger partial charge is 0.0700 e. The van der Waals surface area contributed by atoms with Crippen molar-refractivity contribution in [1.29, 1.82) is 0 Å². The topological polar surface area (TPSA) is 39.7 Å². The van der Waals surface area contributed by atoms with Crippen LogP contribution in [-0.4, -0.2) is 52.2 Å². The zero-order chi connectivity index (χ0) is 15.1. The molecule has 0 atom stereocenters. The monoisotopic (exact) mass is 289 g/mol. The minimum Gasteiger partial charge on any atom is -0.385 e. The van der Waals surface area contributed by atoms with Gasteiger partial charge in [0.05, 0.1) is 13.2 Å². The predicted molar refractivity (Wildman–Crippen MR) is 84.4 cm³/mol. The minimum absolute atomic E-state index is 0.242. The highest BCUT2D eigenvalue weighted by Gasteiger charge is 2.06. The second-order valence-electron chi connectivity index (χ2n) is 6.16. The summed E-state index contributed by atoms with van der Waals surface area (Å²) in [5, 5.41) is 3.50. The van der Waals surface area contributed by atoms with Gasteiger partial charge in [-0.15, -0.1) is 0 Å². The molecule has 0 saturated heterocycles. The zero-order valence-electron chi connectivity index (χ0n) is 14.0. The summed E-state index contributed by atoms with van der Waals surface area (Å²) in [5.41, 5.74) is 0.242. The predicted octanol–water partition coefficient (Wildman–Crippen LogP) is 3.00. The molecule has 0 aromatic heterocycles. The van der Waals surface area contributed by atoms with Gasteiger partial charge in [-0.1, -0.05) is 12.8 Å². The Morgan fingerprint density at radius 3 is 1.90 bits per heavy atom. The first-order valence-electron chi connectivity index (χ1n) is 7.96. The maximum atomic E-state index is 5.53. The van der Waals surface area contributed by atoms with E-state index < -0.39 is 0 Å². The van der Waals surface area contributed by atoms with Gasteiger partial charge in [-0.25, -0.2) is 0 Å². The number of unbranched alkanes of at least 4 members (excludes halogenated alkanes) is 3. The van der Waals surface area contributed by atoms with E-state index in [2.05, 4.69) is 26.1 Å². The molecular formula is C16H35NO3. The van der Waals surface area contributed by atoms with Crippen molar-refractivity contribution in [3.63, 3.8) is 0 Å². The van der Waals surface area contributed by atoms with E-state index in [0.717, 1.165) is 39.2 Å². The van der Waals surface area contributed by atoms with Crippen LogP contribution in [0.4, 0.5) is 0 Å². The van der Waals surface area contributed by atoms with E-state index in [0.29, 0.717) is 13.2 Å². The van der Waals surface area contributed by atoms with Gasteiger partial charge in [0.2, 0.25) is 0 Å². The highest BCUT2D eigenvalue weighted by atomic mass is 16.5. The van der Waals surface area contributed by atoms with Crippen molar-refractivity contribution in [2.24, 2.45) is 0 Å². The Morgan fingerprint density at radius 2 is 1.30 bits per heavy atom. The van der Waals surface area contributed by atoms with Crippen molar-refractivity contribution < 1.29 is 14.2 Å². The van der Waals surface area contributed by atoms with Crippen LogP contribution in [-0.2, 0) is 14.2 Å². The van der Waals surface area contributed by atoms with E-state index in [9.17, 15) is 0 Å². The molecular weight excluding hydrogens is 254 g/mol. The Balaban J connectivity index is 2.99. The van der Waals surface area contributed by atoms with Crippen LogP contribution in [0.15, 0.2) is 0 Å². The lowest BCUT2D eigenvalue weighted by Gasteiger charge is -2.20. The number of hydrogen-bond acceptors (Lipinski definition) is 4. The summed E-state index contributed by atoms with van der Waals surface area (Å²) in [7, 11) is 1.71. The summed E-state index contributed by atoms with van der Waals surface area (Å²) in [4.78, 5) is 0. The van der Waals surface area contributed by atoms with Crippen LogP contribution < -0.4 is 5.32 Å². The van der Waals surface area contributed by atoms with Gasteiger partial charge in [-0.2, -0.15) is 0 Å². The first-order valence-corrected chi connectivity index (χ1v) is 7.96. The lowest BCUT2D eigenvalue weighted by molar-refractivity contribution is 0.0387. The van der Waals surface area contributed by atoms with Crippen LogP contribution >= 0.6 is 0 Å². The Kier molecular flexibility index (Phi) is 13.7. The molecule has 4 heteroatoms. The van der Waals surface area contributed by atoms with Crippen LogP contribution in [0, 0.1) is 0 Å². The molecule has 0 amide bonds. The molecule has 0 radical (unpaired) electrons. The summed E-state index contributed by atoms with van der Waals surface area (Å²) < 4.78 is 15.9.